The van der Waals surface area contributed by atoms with Crippen LogP contribution in [0.15, 0.2) is 168 Å². The van der Waals surface area contributed by atoms with Crippen molar-refractivity contribution in [2.75, 3.05) is 0 Å². The number of rotatable bonds is 6. The SMILES string of the molecule is CC1(C)c2ccccc2Sc2c(-c3nc(-c4ccccc4)nc(-c4cccc(-c5nc(-c6ccccc6)nc(-c6ccccc6)n5)c4)n3)cccc21. The fraction of sp³-hybridized carbons (Fsp3) is 0.0667. The van der Waals surface area contributed by atoms with Gasteiger partial charge in [-0.05, 0) is 23.3 Å². The Kier molecular flexibility index (Phi) is 7.98. The molecule has 3 heterocycles. The first-order chi connectivity index (χ1) is 25.5. The van der Waals surface area contributed by atoms with Gasteiger partial charge in [0.25, 0.3) is 0 Å². The van der Waals surface area contributed by atoms with Gasteiger partial charge in [-0.15, -0.1) is 0 Å². The Labute approximate surface area is 306 Å². The maximum Gasteiger partial charge on any atom is 0.165 e. The van der Waals surface area contributed by atoms with E-state index in [1.54, 1.807) is 11.8 Å². The van der Waals surface area contributed by atoms with Crippen LogP contribution in [0, 0.1) is 0 Å². The molecule has 0 fully saturated rings. The maximum atomic E-state index is 5.19. The van der Waals surface area contributed by atoms with Gasteiger partial charge < -0.3 is 0 Å². The summed E-state index contributed by atoms with van der Waals surface area (Å²) in [7, 11) is 0. The average Bonchev–Trinajstić information content (AvgIpc) is 3.21. The van der Waals surface area contributed by atoms with E-state index in [0.29, 0.717) is 34.9 Å². The molecular formula is C45H32N6S. The molecule has 0 spiro atoms. The van der Waals surface area contributed by atoms with Crippen molar-refractivity contribution in [1.82, 2.24) is 29.9 Å². The first kappa shape index (κ1) is 31.7. The molecule has 2 aromatic heterocycles. The predicted molar refractivity (Wildman–Crippen MR) is 209 cm³/mol. The third-order valence-electron chi connectivity index (χ3n) is 9.45. The number of benzene rings is 6. The van der Waals surface area contributed by atoms with E-state index in [0.717, 1.165) is 33.4 Å². The summed E-state index contributed by atoms with van der Waals surface area (Å²) in [5, 5.41) is 0. The smallest absolute Gasteiger partial charge is 0.165 e. The summed E-state index contributed by atoms with van der Waals surface area (Å²) in [6, 6.07) is 53.4. The summed E-state index contributed by atoms with van der Waals surface area (Å²) in [6.07, 6.45) is 0. The second kappa shape index (κ2) is 13.1. The molecule has 0 aliphatic carbocycles. The Hall–Kier alpha value is -6.31. The van der Waals surface area contributed by atoms with Crippen molar-refractivity contribution in [3.8, 4) is 68.3 Å². The topological polar surface area (TPSA) is 77.3 Å². The van der Waals surface area contributed by atoms with E-state index in [9.17, 15) is 0 Å². The van der Waals surface area contributed by atoms with E-state index in [1.807, 2.05) is 109 Å². The highest BCUT2D eigenvalue weighted by atomic mass is 32.2. The van der Waals surface area contributed by atoms with Crippen molar-refractivity contribution in [3.05, 3.63) is 169 Å². The van der Waals surface area contributed by atoms with Gasteiger partial charge in [0.1, 0.15) is 0 Å². The number of nitrogens with zero attached hydrogens (tertiary/aromatic N) is 6. The highest BCUT2D eigenvalue weighted by Gasteiger charge is 2.34. The number of hydrogen-bond acceptors (Lipinski definition) is 7. The molecule has 0 N–H and O–H groups in total. The van der Waals surface area contributed by atoms with Crippen LogP contribution in [0.5, 0.6) is 0 Å². The van der Waals surface area contributed by atoms with Crippen LogP contribution in [0.1, 0.15) is 25.0 Å². The summed E-state index contributed by atoms with van der Waals surface area (Å²) in [5.74, 6) is 3.61. The van der Waals surface area contributed by atoms with E-state index < -0.39 is 0 Å². The first-order valence-electron chi connectivity index (χ1n) is 17.2. The lowest BCUT2D eigenvalue weighted by Gasteiger charge is -2.35. The standard InChI is InChI=1S/C45H32N6S/c1-45(2)35-25-12-13-27-37(35)52-38-34(24-15-26-36(38)45)44-50-41(31-20-10-5-11-21-31)49-43(51-44)33-23-14-22-32(28-33)42-47-39(29-16-6-3-7-17-29)46-40(48-42)30-18-8-4-9-19-30/h3-28H,1-2H3. The van der Waals surface area contributed by atoms with E-state index in [4.69, 9.17) is 29.9 Å². The molecule has 0 saturated heterocycles. The fourth-order valence-electron chi connectivity index (χ4n) is 6.72. The molecule has 248 valence electrons. The Balaban J connectivity index is 1.20. The second-order valence-corrected chi connectivity index (χ2v) is 14.2. The Morgan fingerprint density at radius 3 is 1.27 bits per heavy atom. The molecule has 52 heavy (non-hydrogen) atoms. The number of hydrogen-bond donors (Lipinski definition) is 0. The summed E-state index contributed by atoms with van der Waals surface area (Å²) >= 11 is 1.79. The highest BCUT2D eigenvalue weighted by molar-refractivity contribution is 7.99. The molecule has 0 bridgehead atoms. The number of fused-ring (bicyclic) bond motifs is 2. The van der Waals surface area contributed by atoms with Crippen molar-refractivity contribution in [2.45, 2.75) is 29.1 Å². The van der Waals surface area contributed by atoms with Crippen LogP contribution in [0.4, 0.5) is 0 Å². The van der Waals surface area contributed by atoms with Crippen LogP contribution in [-0.4, -0.2) is 29.9 Å². The minimum absolute atomic E-state index is 0.179. The largest absolute Gasteiger partial charge is 0.208 e. The molecule has 8 aromatic rings. The van der Waals surface area contributed by atoms with Crippen LogP contribution < -0.4 is 0 Å². The van der Waals surface area contributed by atoms with Gasteiger partial charge in [-0.25, -0.2) is 29.9 Å². The average molecular weight is 689 g/mol. The first-order valence-corrected chi connectivity index (χ1v) is 18.0. The third kappa shape index (κ3) is 5.85. The minimum atomic E-state index is -0.179. The molecule has 6 nitrogen and oxygen atoms in total. The van der Waals surface area contributed by atoms with Gasteiger partial charge in [0, 0.05) is 48.6 Å². The molecule has 0 radical (unpaired) electrons. The van der Waals surface area contributed by atoms with Crippen LogP contribution in [0.25, 0.3) is 68.3 Å². The normalized spacial score (nSPS) is 12.9. The van der Waals surface area contributed by atoms with Gasteiger partial charge in [0.2, 0.25) is 0 Å². The van der Waals surface area contributed by atoms with E-state index in [2.05, 4.69) is 62.4 Å². The molecule has 6 aromatic carbocycles. The van der Waals surface area contributed by atoms with Crippen molar-refractivity contribution >= 4 is 11.8 Å². The summed E-state index contributed by atoms with van der Waals surface area (Å²) < 4.78 is 0. The molecule has 0 amide bonds. The summed E-state index contributed by atoms with van der Waals surface area (Å²) in [4.78, 5) is 32.6. The summed E-state index contributed by atoms with van der Waals surface area (Å²) in [6.45, 7) is 4.59. The fourth-order valence-corrected chi connectivity index (χ4v) is 8.22. The molecule has 0 atom stereocenters. The maximum absolute atomic E-state index is 5.19. The van der Waals surface area contributed by atoms with Gasteiger partial charge in [0.15, 0.2) is 34.9 Å². The minimum Gasteiger partial charge on any atom is -0.208 e. The van der Waals surface area contributed by atoms with Gasteiger partial charge >= 0.3 is 0 Å². The second-order valence-electron chi connectivity index (χ2n) is 13.2. The third-order valence-corrected chi connectivity index (χ3v) is 10.7. The Morgan fingerprint density at radius 1 is 0.365 bits per heavy atom. The monoisotopic (exact) mass is 688 g/mol. The van der Waals surface area contributed by atoms with E-state index in [-0.39, 0.29) is 5.41 Å². The molecule has 0 unspecified atom stereocenters. The van der Waals surface area contributed by atoms with Crippen LogP contribution in [0.3, 0.4) is 0 Å². The molecule has 9 rings (SSSR count). The van der Waals surface area contributed by atoms with Gasteiger partial charge in [-0.1, -0.05) is 171 Å². The lowest BCUT2D eigenvalue weighted by molar-refractivity contribution is 0.608. The van der Waals surface area contributed by atoms with Crippen molar-refractivity contribution in [2.24, 2.45) is 0 Å². The van der Waals surface area contributed by atoms with Crippen molar-refractivity contribution in [1.29, 1.82) is 0 Å². The van der Waals surface area contributed by atoms with Gasteiger partial charge in [-0.3, -0.25) is 0 Å². The highest BCUT2D eigenvalue weighted by Crippen LogP contribution is 2.51. The van der Waals surface area contributed by atoms with Crippen LogP contribution in [-0.2, 0) is 5.41 Å². The zero-order valence-corrected chi connectivity index (χ0v) is 29.4. The molecule has 1 aliphatic heterocycles. The lowest BCUT2D eigenvalue weighted by Crippen LogP contribution is -2.24. The Bertz CT molecular complexity index is 2520. The van der Waals surface area contributed by atoms with E-state index >= 15 is 0 Å². The van der Waals surface area contributed by atoms with Crippen LogP contribution >= 0.6 is 11.8 Å². The van der Waals surface area contributed by atoms with Gasteiger partial charge in [-0.2, -0.15) is 0 Å². The van der Waals surface area contributed by atoms with E-state index in [1.165, 1.54) is 20.9 Å². The zero-order chi connectivity index (χ0) is 35.1. The predicted octanol–water partition coefficient (Wildman–Crippen LogP) is 10.8. The Morgan fingerprint density at radius 2 is 0.750 bits per heavy atom. The summed E-state index contributed by atoms with van der Waals surface area (Å²) in [5.41, 5.74) is 7.83. The zero-order valence-electron chi connectivity index (χ0n) is 28.6. The number of aromatic nitrogens is 6. The molecular weight excluding hydrogens is 657 g/mol. The quantitative estimate of drug-likeness (QED) is 0.172. The lowest BCUT2D eigenvalue weighted by atomic mass is 9.77. The molecule has 1 aliphatic rings. The molecule has 0 saturated carbocycles. The van der Waals surface area contributed by atoms with Crippen molar-refractivity contribution in [3.63, 3.8) is 0 Å². The van der Waals surface area contributed by atoms with Crippen LogP contribution in [0.2, 0.25) is 0 Å². The molecule has 7 heteroatoms. The van der Waals surface area contributed by atoms with Gasteiger partial charge in [0.05, 0.1) is 0 Å². The van der Waals surface area contributed by atoms with Crippen molar-refractivity contribution < 1.29 is 0 Å².